The molecule has 0 saturated heterocycles. The fraction of sp³-hybridized carbons (Fsp3) is 0.462. The molecule has 0 atom stereocenters. The molecule has 17 heavy (non-hydrogen) atoms. The van der Waals surface area contributed by atoms with Crippen molar-refractivity contribution in [2.75, 3.05) is 0 Å². The van der Waals surface area contributed by atoms with Crippen LogP contribution < -0.4 is 0 Å². The number of hydrogen-bond acceptors (Lipinski definition) is 1. The van der Waals surface area contributed by atoms with Crippen molar-refractivity contribution in [2.24, 2.45) is 0 Å². The van der Waals surface area contributed by atoms with Gasteiger partial charge in [0.1, 0.15) is 0 Å². The summed E-state index contributed by atoms with van der Waals surface area (Å²) in [6, 6.07) is 8.37. The zero-order chi connectivity index (χ0) is 12.7. The van der Waals surface area contributed by atoms with E-state index < -0.39 is 6.16 Å². The van der Waals surface area contributed by atoms with Crippen molar-refractivity contribution in [2.45, 2.75) is 38.0 Å². The number of halogens is 1. The van der Waals surface area contributed by atoms with Crippen LogP contribution in [0.1, 0.15) is 43.6 Å². The Morgan fingerprint density at radius 1 is 1.06 bits per heavy atom. The van der Waals surface area contributed by atoms with E-state index in [2.05, 4.69) is 12.1 Å². The van der Waals surface area contributed by atoms with Gasteiger partial charge in [-0.1, -0.05) is 43.0 Å². The van der Waals surface area contributed by atoms with Crippen LogP contribution >= 0.6 is 11.6 Å². The van der Waals surface area contributed by atoms with E-state index in [9.17, 15) is 0 Å². The molecule has 94 valence electrons. The van der Waals surface area contributed by atoms with Gasteiger partial charge in [-0.3, -0.25) is 0 Å². The summed E-state index contributed by atoms with van der Waals surface area (Å²) in [5.74, 6) is 0.797. The molecule has 2 rings (SSSR count). The van der Waals surface area contributed by atoms with Gasteiger partial charge in [0.25, 0.3) is 0 Å². The zero-order valence-corrected chi connectivity index (χ0v) is 10.4. The molecule has 0 unspecified atom stereocenters. The van der Waals surface area contributed by atoms with Gasteiger partial charge in [0.05, 0.1) is 0 Å². The maximum Gasteiger partial charge on any atom is 0.503 e. The smallest absolute Gasteiger partial charge is 0.450 e. The molecule has 1 aliphatic rings. The van der Waals surface area contributed by atoms with Crippen molar-refractivity contribution in [3.8, 4) is 0 Å². The predicted octanol–water partition coefficient (Wildman–Crippen LogP) is 4.61. The first kappa shape index (κ1) is 13.8. The highest BCUT2D eigenvalue weighted by Gasteiger charge is 2.14. The first-order chi connectivity index (χ1) is 8.09. The van der Waals surface area contributed by atoms with E-state index in [-0.39, 0.29) is 0 Å². The highest BCUT2D eigenvalue weighted by molar-refractivity contribution is 6.30. The van der Waals surface area contributed by atoms with Gasteiger partial charge >= 0.3 is 6.16 Å². The summed E-state index contributed by atoms with van der Waals surface area (Å²) < 4.78 is 0. The van der Waals surface area contributed by atoms with Crippen LogP contribution in [0.25, 0.3) is 0 Å². The van der Waals surface area contributed by atoms with Crippen molar-refractivity contribution >= 4 is 17.8 Å². The monoisotopic (exact) mass is 256 g/mol. The Morgan fingerprint density at radius 2 is 1.53 bits per heavy atom. The highest BCUT2D eigenvalue weighted by atomic mass is 35.5. The van der Waals surface area contributed by atoms with Crippen LogP contribution in [0.2, 0.25) is 5.02 Å². The Balaban J connectivity index is 0.000000317. The van der Waals surface area contributed by atoms with Crippen LogP contribution in [0, 0.1) is 0 Å². The summed E-state index contributed by atoms with van der Waals surface area (Å²) in [5.41, 5.74) is 1.48. The molecule has 1 aromatic rings. The summed E-state index contributed by atoms with van der Waals surface area (Å²) >= 11 is 5.85. The van der Waals surface area contributed by atoms with Crippen molar-refractivity contribution in [3.63, 3.8) is 0 Å². The van der Waals surface area contributed by atoms with E-state index in [0.29, 0.717) is 0 Å². The van der Waals surface area contributed by atoms with E-state index in [1.807, 2.05) is 12.1 Å². The lowest BCUT2D eigenvalue weighted by Crippen LogP contribution is -2.03. The molecule has 1 saturated carbocycles. The minimum Gasteiger partial charge on any atom is -0.450 e. The molecule has 1 aliphatic carbocycles. The molecular weight excluding hydrogens is 240 g/mol. The van der Waals surface area contributed by atoms with Crippen molar-refractivity contribution < 1.29 is 15.0 Å². The molecule has 2 N–H and O–H groups in total. The Morgan fingerprint density at radius 3 is 2.00 bits per heavy atom. The summed E-state index contributed by atoms with van der Waals surface area (Å²) in [6.07, 6.45) is 5.11. The van der Waals surface area contributed by atoms with E-state index >= 15 is 0 Å². The second kappa shape index (κ2) is 7.17. The molecule has 0 spiro atoms. The number of benzene rings is 1. The molecular formula is C13H17ClO3. The lowest BCUT2D eigenvalue weighted by Gasteiger charge is -2.21. The largest absolute Gasteiger partial charge is 0.503 e. The molecule has 0 radical (unpaired) electrons. The summed E-state index contributed by atoms with van der Waals surface area (Å²) in [5, 5.41) is 14.8. The van der Waals surface area contributed by atoms with E-state index in [0.717, 1.165) is 10.9 Å². The average Bonchev–Trinajstić information content (AvgIpc) is 2.30. The van der Waals surface area contributed by atoms with E-state index in [1.54, 1.807) is 0 Å². The zero-order valence-electron chi connectivity index (χ0n) is 9.60. The summed E-state index contributed by atoms with van der Waals surface area (Å²) in [4.78, 5) is 8.56. The van der Waals surface area contributed by atoms with Gasteiger partial charge in [-0.25, -0.2) is 4.79 Å². The molecule has 0 aliphatic heterocycles. The molecule has 3 nitrogen and oxygen atoms in total. The van der Waals surface area contributed by atoms with Crippen LogP contribution in [-0.2, 0) is 0 Å². The minimum absolute atomic E-state index is 0.797. The SMILES string of the molecule is Clc1ccc(C2CCCCC2)cc1.O=C(O)O. The van der Waals surface area contributed by atoms with Crippen LogP contribution in [0.4, 0.5) is 4.79 Å². The second-order valence-electron chi connectivity index (χ2n) is 4.17. The third-order valence-corrected chi connectivity index (χ3v) is 3.20. The van der Waals surface area contributed by atoms with Crippen LogP contribution in [0.5, 0.6) is 0 Å². The lowest BCUT2D eigenvalue weighted by atomic mass is 9.84. The van der Waals surface area contributed by atoms with Gasteiger partial charge in [-0.2, -0.15) is 0 Å². The Hall–Kier alpha value is -1.22. The Bertz CT molecular complexity index is 338. The van der Waals surface area contributed by atoms with E-state index in [4.69, 9.17) is 26.6 Å². The molecule has 0 heterocycles. The van der Waals surface area contributed by atoms with Crippen LogP contribution in [0.3, 0.4) is 0 Å². The standard InChI is InChI=1S/C12H15Cl.CH2O3/c13-12-8-6-11(7-9-12)10-4-2-1-3-5-10;2-1(3)4/h6-10H,1-5H2;(H2,2,3,4). The lowest BCUT2D eigenvalue weighted by molar-refractivity contribution is 0.137. The number of carboxylic acid groups (broad SMARTS) is 2. The topological polar surface area (TPSA) is 57.5 Å². The molecule has 4 heteroatoms. The number of rotatable bonds is 1. The van der Waals surface area contributed by atoms with Crippen molar-refractivity contribution in [1.29, 1.82) is 0 Å². The van der Waals surface area contributed by atoms with Gasteiger partial charge in [-0.05, 0) is 36.5 Å². The van der Waals surface area contributed by atoms with Crippen molar-refractivity contribution in [3.05, 3.63) is 34.9 Å². The first-order valence-electron chi connectivity index (χ1n) is 5.77. The number of hydrogen-bond donors (Lipinski definition) is 2. The minimum atomic E-state index is -1.83. The molecule has 0 bridgehead atoms. The Kier molecular flexibility index (Phi) is 5.84. The summed E-state index contributed by atoms with van der Waals surface area (Å²) in [7, 11) is 0. The third kappa shape index (κ3) is 5.59. The van der Waals surface area contributed by atoms with Crippen LogP contribution in [-0.4, -0.2) is 16.4 Å². The van der Waals surface area contributed by atoms with Gasteiger partial charge in [0.15, 0.2) is 0 Å². The fourth-order valence-electron chi connectivity index (χ4n) is 2.17. The molecule has 0 aromatic heterocycles. The van der Waals surface area contributed by atoms with E-state index in [1.165, 1.54) is 37.7 Å². The molecule has 1 aromatic carbocycles. The van der Waals surface area contributed by atoms with Gasteiger partial charge in [0, 0.05) is 5.02 Å². The van der Waals surface area contributed by atoms with Gasteiger partial charge < -0.3 is 10.2 Å². The molecule has 0 amide bonds. The second-order valence-corrected chi connectivity index (χ2v) is 4.61. The highest BCUT2D eigenvalue weighted by Crippen LogP contribution is 2.32. The normalized spacial score (nSPS) is 15.8. The Labute approximate surface area is 106 Å². The maximum absolute atomic E-state index is 8.56. The first-order valence-corrected chi connectivity index (χ1v) is 6.14. The fourth-order valence-corrected chi connectivity index (χ4v) is 2.30. The number of carbonyl (C=O) groups is 1. The quantitative estimate of drug-likeness (QED) is 0.771. The van der Waals surface area contributed by atoms with Gasteiger partial charge in [-0.15, -0.1) is 0 Å². The maximum atomic E-state index is 8.56. The van der Waals surface area contributed by atoms with Crippen LogP contribution in [0.15, 0.2) is 24.3 Å². The average molecular weight is 257 g/mol. The van der Waals surface area contributed by atoms with Crippen molar-refractivity contribution in [1.82, 2.24) is 0 Å². The summed E-state index contributed by atoms with van der Waals surface area (Å²) in [6.45, 7) is 0. The predicted molar refractivity (Wildman–Crippen MR) is 67.9 cm³/mol. The van der Waals surface area contributed by atoms with Gasteiger partial charge in [0.2, 0.25) is 0 Å². The third-order valence-electron chi connectivity index (χ3n) is 2.95. The molecule has 1 fully saturated rings.